The van der Waals surface area contributed by atoms with E-state index < -0.39 is 6.10 Å². The number of rotatable bonds is 6. The highest BCUT2D eigenvalue weighted by atomic mass is 35.5. The molecule has 3 aromatic rings. The topological polar surface area (TPSA) is 60.5 Å². The zero-order chi connectivity index (χ0) is 18.5. The minimum absolute atomic E-state index is 0.330. The number of ether oxygens (including phenoxy) is 2. The fourth-order valence-electron chi connectivity index (χ4n) is 2.50. The monoisotopic (exact) mass is 370 g/mol. The van der Waals surface area contributed by atoms with Crippen LogP contribution in [0.25, 0.3) is 10.8 Å². The number of nitrogens with zero attached hydrogens (tertiary/aromatic N) is 1. The van der Waals surface area contributed by atoms with Crippen molar-refractivity contribution < 1.29 is 14.3 Å². The van der Waals surface area contributed by atoms with Crippen molar-refractivity contribution >= 4 is 39.8 Å². The number of hydrogen-bond donors (Lipinski definition) is 1. The van der Waals surface area contributed by atoms with Crippen LogP contribution in [-0.4, -0.2) is 23.7 Å². The number of anilines is 2. The first-order valence-corrected chi connectivity index (χ1v) is 8.70. The SMILES string of the molecule is CCOC(=O)C(C)Oc1ccc(Nc2cc3ccccc3c(Cl)n2)cc1. The maximum atomic E-state index is 11.6. The zero-order valence-corrected chi connectivity index (χ0v) is 15.3. The second kappa shape index (κ2) is 8.06. The van der Waals surface area contributed by atoms with Gasteiger partial charge in [0.2, 0.25) is 0 Å². The van der Waals surface area contributed by atoms with Gasteiger partial charge >= 0.3 is 5.97 Å². The van der Waals surface area contributed by atoms with Gasteiger partial charge in [-0.25, -0.2) is 9.78 Å². The van der Waals surface area contributed by atoms with Crippen molar-refractivity contribution in [3.05, 3.63) is 59.8 Å². The normalized spacial score (nSPS) is 11.8. The van der Waals surface area contributed by atoms with Crippen molar-refractivity contribution in [2.24, 2.45) is 0 Å². The third kappa shape index (κ3) is 4.24. The van der Waals surface area contributed by atoms with Crippen LogP contribution in [-0.2, 0) is 9.53 Å². The Hall–Kier alpha value is -2.79. The third-order valence-corrected chi connectivity index (χ3v) is 4.04. The van der Waals surface area contributed by atoms with Crippen molar-refractivity contribution in [2.45, 2.75) is 20.0 Å². The van der Waals surface area contributed by atoms with E-state index in [0.29, 0.717) is 23.3 Å². The molecule has 0 aliphatic heterocycles. The number of halogens is 1. The molecule has 0 aliphatic carbocycles. The number of benzene rings is 2. The molecule has 134 valence electrons. The summed E-state index contributed by atoms with van der Waals surface area (Å²) in [6.07, 6.45) is -0.658. The van der Waals surface area contributed by atoms with E-state index in [0.717, 1.165) is 16.5 Å². The van der Waals surface area contributed by atoms with Gasteiger partial charge in [0.05, 0.1) is 6.61 Å². The highest BCUT2D eigenvalue weighted by molar-refractivity contribution is 6.34. The first-order valence-electron chi connectivity index (χ1n) is 8.32. The standard InChI is InChI=1S/C20H19ClN2O3/c1-3-25-20(24)13(2)26-16-10-8-15(9-11-16)22-18-12-14-6-4-5-7-17(14)19(21)23-18/h4-13H,3H2,1-2H3,(H,22,23). The second-order valence-electron chi connectivity index (χ2n) is 5.68. The molecule has 1 heterocycles. The van der Waals surface area contributed by atoms with Crippen LogP contribution in [0.15, 0.2) is 54.6 Å². The number of esters is 1. The van der Waals surface area contributed by atoms with Crippen molar-refractivity contribution in [3.63, 3.8) is 0 Å². The molecule has 0 saturated carbocycles. The second-order valence-corrected chi connectivity index (χ2v) is 6.04. The molecule has 1 N–H and O–H groups in total. The van der Waals surface area contributed by atoms with Crippen LogP contribution in [0, 0.1) is 0 Å². The Kier molecular flexibility index (Phi) is 5.58. The smallest absolute Gasteiger partial charge is 0.347 e. The first-order chi connectivity index (χ1) is 12.6. The van der Waals surface area contributed by atoms with Gasteiger partial charge in [-0.1, -0.05) is 35.9 Å². The molecule has 1 aromatic heterocycles. The number of nitrogens with one attached hydrogen (secondary N) is 1. The van der Waals surface area contributed by atoms with Crippen LogP contribution in [0.1, 0.15) is 13.8 Å². The average Bonchev–Trinajstić information content (AvgIpc) is 2.63. The van der Waals surface area contributed by atoms with E-state index in [1.54, 1.807) is 26.0 Å². The van der Waals surface area contributed by atoms with Crippen molar-refractivity contribution in [1.82, 2.24) is 4.98 Å². The summed E-state index contributed by atoms with van der Waals surface area (Å²) >= 11 is 6.25. The van der Waals surface area contributed by atoms with Gasteiger partial charge in [0.25, 0.3) is 0 Å². The fraction of sp³-hybridized carbons (Fsp3) is 0.200. The molecule has 0 bridgehead atoms. The van der Waals surface area contributed by atoms with E-state index in [4.69, 9.17) is 21.1 Å². The summed E-state index contributed by atoms with van der Waals surface area (Å²) in [5.74, 6) is 0.854. The van der Waals surface area contributed by atoms with E-state index in [-0.39, 0.29) is 5.97 Å². The lowest BCUT2D eigenvalue weighted by molar-refractivity contribution is -0.150. The Labute approximate surface area is 156 Å². The molecule has 0 spiro atoms. The number of hydrogen-bond acceptors (Lipinski definition) is 5. The maximum Gasteiger partial charge on any atom is 0.347 e. The van der Waals surface area contributed by atoms with Crippen molar-refractivity contribution in [3.8, 4) is 5.75 Å². The van der Waals surface area contributed by atoms with Gasteiger partial charge in [0.15, 0.2) is 6.10 Å². The molecular formula is C20H19ClN2O3. The van der Waals surface area contributed by atoms with E-state index in [9.17, 15) is 4.79 Å². The number of carbonyl (C=O) groups excluding carboxylic acids is 1. The third-order valence-electron chi connectivity index (χ3n) is 3.75. The van der Waals surface area contributed by atoms with Gasteiger partial charge in [0, 0.05) is 11.1 Å². The van der Waals surface area contributed by atoms with E-state index in [1.807, 2.05) is 42.5 Å². The summed E-state index contributed by atoms with van der Waals surface area (Å²) < 4.78 is 10.5. The van der Waals surface area contributed by atoms with Gasteiger partial charge in [-0.3, -0.25) is 0 Å². The highest BCUT2D eigenvalue weighted by Gasteiger charge is 2.15. The van der Waals surface area contributed by atoms with E-state index in [2.05, 4.69) is 10.3 Å². The Morgan fingerprint density at radius 3 is 2.65 bits per heavy atom. The summed E-state index contributed by atoms with van der Waals surface area (Å²) in [6, 6.07) is 17.0. The molecule has 0 fully saturated rings. The molecule has 0 amide bonds. The molecule has 6 heteroatoms. The Bertz CT molecular complexity index is 913. The molecule has 0 saturated heterocycles. The van der Waals surface area contributed by atoms with Crippen LogP contribution < -0.4 is 10.1 Å². The van der Waals surface area contributed by atoms with Gasteiger partial charge in [-0.15, -0.1) is 0 Å². The lowest BCUT2D eigenvalue weighted by Gasteiger charge is -2.14. The van der Waals surface area contributed by atoms with Crippen molar-refractivity contribution in [2.75, 3.05) is 11.9 Å². The molecule has 2 aromatic carbocycles. The maximum absolute atomic E-state index is 11.6. The van der Waals surface area contributed by atoms with Crippen LogP contribution in [0.4, 0.5) is 11.5 Å². The predicted octanol–water partition coefficient (Wildman–Crippen LogP) is 4.96. The van der Waals surface area contributed by atoms with Crippen molar-refractivity contribution in [1.29, 1.82) is 0 Å². The summed E-state index contributed by atoms with van der Waals surface area (Å²) in [7, 11) is 0. The van der Waals surface area contributed by atoms with E-state index in [1.165, 1.54) is 0 Å². The number of aromatic nitrogens is 1. The summed E-state index contributed by atoms with van der Waals surface area (Å²) in [6.45, 7) is 3.75. The van der Waals surface area contributed by atoms with Gasteiger partial charge in [-0.2, -0.15) is 0 Å². The van der Waals surface area contributed by atoms with Crippen LogP contribution in [0.3, 0.4) is 0 Å². The summed E-state index contributed by atoms with van der Waals surface area (Å²) in [5.41, 5.74) is 0.833. The summed E-state index contributed by atoms with van der Waals surface area (Å²) in [4.78, 5) is 16.0. The lowest BCUT2D eigenvalue weighted by Crippen LogP contribution is -2.25. The number of fused-ring (bicyclic) bond motifs is 1. The molecule has 26 heavy (non-hydrogen) atoms. The minimum atomic E-state index is -0.658. The number of pyridine rings is 1. The highest BCUT2D eigenvalue weighted by Crippen LogP contribution is 2.27. The predicted molar refractivity (Wildman–Crippen MR) is 103 cm³/mol. The molecular weight excluding hydrogens is 352 g/mol. The minimum Gasteiger partial charge on any atom is -0.479 e. The molecule has 0 aliphatic rings. The van der Waals surface area contributed by atoms with Crippen LogP contribution >= 0.6 is 11.6 Å². The fourth-order valence-corrected chi connectivity index (χ4v) is 2.76. The van der Waals surface area contributed by atoms with Crippen LogP contribution in [0.5, 0.6) is 5.75 Å². The Morgan fingerprint density at radius 2 is 1.92 bits per heavy atom. The van der Waals surface area contributed by atoms with E-state index >= 15 is 0 Å². The Morgan fingerprint density at radius 1 is 1.19 bits per heavy atom. The summed E-state index contributed by atoms with van der Waals surface area (Å²) in [5, 5.41) is 5.60. The first kappa shape index (κ1) is 18.0. The number of carbonyl (C=O) groups is 1. The molecule has 3 rings (SSSR count). The van der Waals surface area contributed by atoms with Crippen LogP contribution in [0.2, 0.25) is 5.15 Å². The van der Waals surface area contributed by atoms with Gasteiger partial charge < -0.3 is 14.8 Å². The lowest BCUT2D eigenvalue weighted by atomic mass is 10.2. The van der Waals surface area contributed by atoms with Gasteiger partial charge in [-0.05, 0) is 49.6 Å². The largest absolute Gasteiger partial charge is 0.479 e. The van der Waals surface area contributed by atoms with Gasteiger partial charge in [0.1, 0.15) is 16.7 Å². The molecule has 0 radical (unpaired) electrons. The zero-order valence-electron chi connectivity index (χ0n) is 14.5. The average molecular weight is 371 g/mol. The quantitative estimate of drug-likeness (QED) is 0.490. The Balaban J connectivity index is 1.70. The molecule has 1 atom stereocenters. The molecule has 5 nitrogen and oxygen atoms in total. The molecule has 1 unspecified atom stereocenters.